The molecule has 0 aromatic carbocycles. The topological polar surface area (TPSA) is 12.0 Å². The largest absolute Gasteiger partial charge is 0.313 e. The fraction of sp³-hybridized carbons (Fsp3) is 0.778. The Morgan fingerprint density at radius 1 is 1.50 bits per heavy atom. The van der Waals surface area contributed by atoms with Crippen molar-refractivity contribution in [3.05, 3.63) is 11.1 Å². The third-order valence-electron chi connectivity index (χ3n) is 1.54. The maximum absolute atomic E-state index is 5.51. The van der Waals surface area contributed by atoms with Gasteiger partial charge in [-0.3, -0.25) is 0 Å². The Bertz CT molecular complexity index is 126. The zero-order valence-corrected chi connectivity index (χ0v) is 9.47. The van der Waals surface area contributed by atoms with Gasteiger partial charge in [-0.1, -0.05) is 11.6 Å². The molecule has 0 bridgehead atoms. The quantitative estimate of drug-likeness (QED) is 0.645. The van der Waals surface area contributed by atoms with Crippen molar-refractivity contribution in [2.75, 3.05) is 25.1 Å². The molecule has 0 amide bonds. The number of hydrogen-bond donors (Lipinski definition) is 1. The molecule has 0 fully saturated rings. The zero-order valence-electron chi connectivity index (χ0n) is 7.90. The summed E-state index contributed by atoms with van der Waals surface area (Å²) in [5.41, 5.74) is 2.83. The first-order chi connectivity index (χ1) is 5.81. The third-order valence-corrected chi connectivity index (χ3v) is 2.61. The molecule has 0 aliphatic heterocycles. The van der Waals surface area contributed by atoms with Crippen molar-refractivity contribution in [3.8, 4) is 0 Å². The van der Waals surface area contributed by atoms with E-state index in [9.17, 15) is 0 Å². The van der Waals surface area contributed by atoms with E-state index < -0.39 is 0 Å². The van der Waals surface area contributed by atoms with Crippen LogP contribution in [-0.2, 0) is 0 Å². The van der Waals surface area contributed by atoms with Crippen LogP contribution in [-0.4, -0.2) is 25.1 Å². The first-order valence-electron chi connectivity index (χ1n) is 4.26. The van der Waals surface area contributed by atoms with E-state index in [-0.39, 0.29) is 0 Å². The SMILES string of the molecule is CSCCCCNCC(C)=CCl. The van der Waals surface area contributed by atoms with Gasteiger partial charge in [-0.05, 0) is 43.9 Å². The Hall–Kier alpha value is 0.340. The van der Waals surface area contributed by atoms with Gasteiger partial charge in [-0.2, -0.15) is 11.8 Å². The molecule has 0 aliphatic carbocycles. The van der Waals surface area contributed by atoms with Crippen molar-refractivity contribution in [1.82, 2.24) is 5.32 Å². The molecule has 0 radical (unpaired) electrons. The highest BCUT2D eigenvalue weighted by molar-refractivity contribution is 7.98. The summed E-state index contributed by atoms with van der Waals surface area (Å²) in [6, 6.07) is 0. The summed E-state index contributed by atoms with van der Waals surface area (Å²) >= 11 is 7.42. The van der Waals surface area contributed by atoms with Gasteiger partial charge in [0.1, 0.15) is 0 Å². The second-order valence-corrected chi connectivity index (χ2v) is 4.04. The molecule has 72 valence electrons. The summed E-state index contributed by atoms with van der Waals surface area (Å²) in [5, 5.41) is 3.33. The second-order valence-electron chi connectivity index (χ2n) is 2.83. The molecule has 0 unspecified atom stereocenters. The minimum Gasteiger partial charge on any atom is -0.313 e. The van der Waals surface area contributed by atoms with Gasteiger partial charge in [0.05, 0.1) is 0 Å². The monoisotopic (exact) mass is 207 g/mol. The molecule has 1 N–H and O–H groups in total. The molecule has 1 nitrogen and oxygen atoms in total. The minimum atomic E-state index is 0.919. The van der Waals surface area contributed by atoms with Crippen molar-refractivity contribution in [2.24, 2.45) is 0 Å². The summed E-state index contributed by atoms with van der Waals surface area (Å²) in [5.74, 6) is 1.27. The predicted octanol–water partition coefficient (Wildman–Crippen LogP) is 2.86. The number of halogens is 1. The van der Waals surface area contributed by atoms with E-state index in [2.05, 4.69) is 11.6 Å². The van der Waals surface area contributed by atoms with Crippen LogP contribution >= 0.6 is 23.4 Å². The van der Waals surface area contributed by atoms with Crippen molar-refractivity contribution >= 4 is 23.4 Å². The van der Waals surface area contributed by atoms with Crippen molar-refractivity contribution in [2.45, 2.75) is 19.8 Å². The van der Waals surface area contributed by atoms with Crippen molar-refractivity contribution < 1.29 is 0 Å². The number of unbranched alkanes of at least 4 members (excludes halogenated alkanes) is 1. The van der Waals surface area contributed by atoms with E-state index in [0.29, 0.717) is 0 Å². The van der Waals surface area contributed by atoms with Gasteiger partial charge in [-0.25, -0.2) is 0 Å². The maximum atomic E-state index is 5.51. The van der Waals surface area contributed by atoms with Gasteiger partial charge in [0.25, 0.3) is 0 Å². The van der Waals surface area contributed by atoms with Crippen LogP contribution < -0.4 is 5.32 Å². The first kappa shape index (κ1) is 12.3. The minimum absolute atomic E-state index is 0.919. The van der Waals surface area contributed by atoms with Crippen molar-refractivity contribution in [1.29, 1.82) is 0 Å². The smallest absolute Gasteiger partial charge is 0.0173 e. The Labute approximate surface area is 84.9 Å². The van der Waals surface area contributed by atoms with E-state index in [1.165, 1.54) is 24.2 Å². The van der Waals surface area contributed by atoms with E-state index in [1.807, 2.05) is 18.7 Å². The highest BCUT2D eigenvalue weighted by Crippen LogP contribution is 1.98. The van der Waals surface area contributed by atoms with E-state index in [0.717, 1.165) is 13.1 Å². The fourth-order valence-electron chi connectivity index (χ4n) is 0.821. The first-order valence-corrected chi connectivity index (χ1v) is 6.09. The zero-order chi connectivity index (χ0) is 9.23. The van der Waals surface area contributed by atoms with Crippen LogP contribution in [0.15, 0.2) is 11.1 Å². The Balaban J connectivity index is 3.00. The highest BCUT2D eigenvalue weighted by atomic mass is 35.5. The lowest BCUT2D eigenvalue weighted by Gasteiger charge is -2.03. The van der Waals surface area contributed by atoms with Crippen LogP contribution in [0.5, 0.6) is 0 Å². The summed E-state index contributed by atoms with van der Waals surface area (Å²) in [7, 11) is 0. The average molecular weight is 208 g/mol. The van der Waals surface area contributed by atoms with Gasteiger partial charge in [0.15, 0.2) is 0 Å². The third kappa shape index (κ3) is 8.44. The Morgan fingerprint density at radius 2 is 2.25 bits per heavy atom. The molecule has 0 heterocycles. The highest BCUT2D eigenvalue weighted by Gasteiger charge is 1.89. The lowest BCUT2D eigenvalue weighted by atomic mass is 10.3. The molecule has 0 atom stereocenters. The lowest BCUT2D eigenvalue weighted by molar-refractivity contribution is 0.674. The van der Waals surface area contributed by atoms with Gasteiger partial charge < -0.3 is 5.32 Å². The van der Waals surface area contributed by atoms with Crippen LogP contribution in [0.3, 0.4) is 0 Å². The van der Waals surface area contributed by atoms with Gasteiger partial charge in [0.2, 0.25) is 0 Å². The molecule has 0 aromatic heterocycles. The molecule has 0 spiro atoms. The number of nitrogens with one attached hydrogen (secondary N) is 1. The molecule has 0 rings (SSSR count). The molecule has 0 saturated carbocycles. The van der Waals surface area contributed by atoms with Gasteiger partial charge in [0, 0.05) is 12.1 Å². The van der Waals surface area contributed by atoms with Crippen LogP contribution in [0.1, 0.15) is 19.8 Å². The Kier molecular flexibility index (Phi) is 9.70. The summed E-state index contributed by atoms with van der Waals surface area (Å²) in [4.78, 5) is 0. The molecule has 3 heteroatoms. The number of hydrogen-bond acceptors (Lipinski definition) is 2. The summed E-state index contributed by atoms with van der Waals surface area (Å²) < 4.78 is 0. The van der Waals surface area contributed by atoms with Crippen LogP contribution in [0.2, 0.25) is 0 Å². The number of thioether (sulfide) groups is 1. The van der Waals surface area contributed by atoms with Gasteiger partial charge in [-0.15, -0.1) is 0 Å². The molecular weight excluding hydrogens is 190 g/mol. The van der Waals surface area contributed by atoms with E-state index in [1.54, 1.807) is 5.54 Å². The predicted molar refractivity (Wildman–Crippen MR) is 60.1 cm³/mol. The van der Waals surface area contributed by atoms with E-state index in [4.69, 9.17) is 11.6 Å². The molecule has 12 heavy (non-hydrogen) atoms. The normalized spacial score (nSPS) is 12.1. The fourth-order valence-corrected chi connectivity index (χ4v) is 1.39. The molecule has 0 aromatic rings. The average Bonchev–Trinajstić information content (AvgIpc) is 2.10. The van der Waals surface area contributed by atoms with Crippen LogP contribution in [0, 0.1) is 0 Å². The molecular formula is C9H18ClNS. The second kappa shape index (κ2) is 9.43. The molecule has 0 aliphatic rings. The number of rotatable bonds is 7. The summed E-state index contributed by atoms with van der Waals surface area (Å²) in [6.07, 6.45) is 4.71. The molecule has 0 saturated heterocycles. The maximum Gasteiger partial charge on any atom is 0.0173 e. The van der Waals surface area contributed by atoms with E-state index >= 15 is 0 Å². The Morgan fingerprint density at radius 3 is 2.83 bits per heavy atom. The lowest BCUT2D eigenvalue weighted by Crippen LogP contribution is -2.17. The standard InChI is InChI=1S/C9H18ClNS/c1-9(7-10)8-11-5-3-4-6-12-2/h7,11H,3-6,8H2,1-2H3. The summed E-state index contributed by atoms with van der Waals surface area (Å²) in [6.45, 7) is 4.05. The van der Waals surface area contributed by atoms with Crippen molar-refractivity contribution in [3.63, 3.8) is 0 Å². The van der Waals surface area contributed by atoms with Crippen LogP contribution in [0.4, 0.5) is 0 Å². The van der Waals surface area contributed by atoms with Crippen LogP contribution in [0.25, 0.3) is 0 Å². The van der Waals surface area contributed by atoms with Gasteiger partial charge >= 0.3 is 0 Å².